The molecule has 20 heavy (non-hydrogen) atoms. The van der Waals surface area contributed by atoms with Crippen LogP contribution in [0, 0.1) is 0 Å². The van der Waals surface area contributed by atoms with Crippen molar-refractivity contribution in [3.05, 3.63) is 71.8 Å². The summed E-state index contributed by atoms with van der Waals surface area (Å²) in [5, 5.41) is 7.19. The van der Waals surface area contributed by atoms with E-state index in [-0.39, 0.29) is 0 Å². The Morgan fingerprint density at radius 2 is 1.40 bits per heavy atom. The van der Waals surface area contributed by atoms with Gasteiger partial charge in [0, 0.05) is 13.1 Å². The van der Waals surface area contributed by atoms with Gasteiger partial charge in [-0.1, -0.05) is 60.7 Å². The van der Waals surface area contributed by atoms with E-state index in [4.69, 9.17) is 12.2 Å². The molecule has 0 radical (unpaired) electrons. The summed E-state index contributed by atoms with van der Waals surface area (Å²) in [5.74, 6) is 0. The summed E-state index contributed by atoms with van der Waals surface area (Å²) >= 11 is 5.26. The summed E-state index contributed by atoms with van der Waals surface area (Å²) in [6.07, 6.45) is 2.16. The molecule has 0 heterocycles. The number of hydrogen-bond donors (Lipinski definition) is 2. The van der Waals surface area contributed by atoms with Crippen molar-refractivity contribution in [3.8, 4) is 0 Å². The van der Waals surface area contributed by atoms with Gasteiger partial charge in [-0.3, -0.25) is 0 Å². The average Bonchev–Trinajstić information content (AvgIpc) is 2.52. The SMILES string of the molecule is S=C(NCCCc1ccccc1)NCc1ccccc1. The Hall–Kier alpha value is -1.87. The maximum Gasteiger partial charge on any atom is 0.166 e. The van der Waals surface area contributed by atoms with Crippen LogP contribution in [0.2, 0.25) is 0 Å². The molecule has 2 nitrogen and oxygen atoms in total. The molecule has 0 aliphatic carbocycles. The fourth-order valence-corrected chi connectivity index (χ4v) is 2.15. The predicted octanol–water partition coefficient (Wildman–Crippen LogP) is 3.28. The third kappa shape index (κ3) is 5.41. The molecule has 0 aromatic heterocycles. The van der Waals surface area contributed by atoms with E-state index >= 15 is 0 Å². The molecule has 0 fully saturated rings. The summed E-state index contributed by atoms with van der Waals surface area (Å²) in [5.41, 5.74) is 2.61. The molecule has 2 aromatic rings. The smallest absolute Gasteiger partial charge is 0.166 e. The summed E-state index contributed by atoms with van der Waals surface area (Å²) in [6, 6.07) is 20.8. The molecule has 2 N–H and O–H groups in total. The van der Waals surface area contributed by atoms with E-state index in [0.717, 1.165) is 31.0 Å². The van der Waals surface area contributed by atoms with E-state index in [9.17, 15) is 0 Å². The van der Waals surface area contributed by atoms with Crippen LogP contribution in [0.15, 0.2) is 60.7 Å². The van der Waals surface area contributed by atoms with Crippen molar-refractivity contribution in [1.82, 2.24) is 10.6 Å². The van der Waals surface area contributed by atoms with Crippen molar-refractivity contribution < 1.29 is 0 Å². The summed E-state index contributed by atoms with van der Waals surface area (Å²) in [7, 11) is 0. The lowest BCUT2D eigenvalue weighted by atomic mass is 10.1. The van der Waals surface area contributed by atoms with Crippen LogP contribution >= 0.6 is 12.2 Å². The molecule has 3 heteroatoms. The average molecular weight is 284 g/mol. The Morgan fingerprint density at radius 1 is 0.800 bits per heavy atom. The third-order valence-electron chi connectivity index (χ3n) is 3.07. The highest BCUT2D eigenvalue weighted by Crippen LogP contribution is 2.01. The Kier molecular flexibility index (Phi) is 6.06. The van der Waals surface area contributed by atoms with E-state index in [2.05, 4.69) is 47.0 Å². The molecule has 0 atom stereocenters. The predicted molar refractivity (Wildman–Crippen MR) is 88.6 cm³/mol. The molecule has 0 spiro atoms. The second-order valence-corrected chi connectivity index (χ2v) is 5.09. The minimum absolute atomic E-state index is 0.724. The Balaban J connectivity index is 1.59. The molecule has 0 unspecified atom stereocenters. The van der Waals surface area contributed by atoms with E-state index in [1.165, 1.54) is 11.1 Å². The highest BCUT2D eigenvalue weighted by Gasteiger charge is 1.96. The monoisotopic (exact) mass is 284 g/mol. The largest absolute Gasteiger partial charge is 0.363 e. The minimum Gasteiger partial charge on any atom is -0.363 e. The fraction of sp³-hybridized carbons (Fsp3) is 0.235. The third-order valence-corrected chi connectivity index (χ3v) is 3.36. The molecular weight excluding hydrogens is 264 g/mol. The first-order valence-corrected chi connectivity index (χ1v) is 7.35. The first-order valence-electron chi connectivity index (χ1n) is 6.94. The van der Waals surface area contributed by atoms with Crippen LogP contribution < -0.4 is 10.6 Å². The van der Waals surface area contributed by atoms with Crippen LogP contribution in [0.25, 0.3) is 0 Å². The summed E-state index contributed by atoms with van der Waals surface area (Å²) in [6.45, 7) is 1.67. The molecule has 0 saturated heterocycles. The quantitative estimate of drug-likeness (QED) is 0.629. The summed E-state index contributed by atoms with van der Waals surface area (Å²) in [4.78, 5) is 0. The molecule has 104 valence electrons. The van der Waals surface area contributed by atoms with Crippen LogP contribution in [-0.2, 0) is 13.0 Å². The van der Waals surface area contributed by atoms with Crippen molar-refractivity contribution in [3.63, 3.8) is 0 Å². The van der Waals surface area contributed by atoms with Gasteiger partial charge in [-0.15, -0.1) is 0 Å². The number of nitrogens with one attached hydrogen (secondary N) is 2. The molecule has 0 amide bonds. The molecule has 0 aliphatic rings. The number of aryl methyl sites for hydroxylation is 1. The van der Waals surface area contributed by atoms with E-state index < -0.39 is 0 Å². The molecule has 0 bridgehead atoms. The van der Waals surface area contributed by atoms with Gasteiger partial charge in [0.25, 0.3) is 0 Å². The molecular formula is C17H20N2S. The maximum atomic E-state index is 5.26. The van der Waals surface area contributed by atoms with E-state index in [0.29, 0.717) is 0 Å². The summed E-state index contributed by atoms with van der Waals surface area (Å²) < 4.78 is 0. The molecule has 2 rings (SSSR count). The van der Waals surface area contributed by atoms with Gasteiger partial charge < -0.3 is 10.6 Å². The topological polar surface area (TPSA) is 24.1 Å². The van der Waals surface area contributed by atoms with Gasteiger partial charge in [0.05, 0.1) is 0 Å². The highest BCUT2D eigenvalue weighted by atomic mass is 32.1. The lowest BCUT2D eigenvalue weighted by Gasteiger charge is -2.10. The van der Waals surface area contributed by atoms with Crippen LogP contribution in [-0.4, -0.2) is 11.7 Å². The second kappa shape index (κ2) is 8.33. The van der Waals surface area contributed by atoms with Gasteiger partial charge in [-0.05, 0) is 36.2 Å². The standard InChI is InChI=1S/C17H20N2S/c20-17(19-14-16-10-5-2-6-11-16)18-13-7-12-15-8-3-1-4-9-15/h1-6,8-11H,7,12-14H2,(H2,18,19,20). The van der Waals surface area contributed by atoms with Crippen molar-refractivity contribution in [2.45, 2.75) is 19.4 Å². The van der Waals surface area contributed by atoms with Crippen LogP contribution in [0.1, 0.15) is 17.5 Å². The Labute approximate surface area is 126 Å². The van der Waals surface area contributed by atoms with Gasteiger partial charge in [0.1, 0.15) is 0 Å². The Morgan fingerprint density at radius 3 is 2.05 bits per heavy atom. The van der Waals surface area contributed by atoms with Crippen LogP contribution in [0.5, 0.6) is 0 Å². The van der Waals surface area contributed by atoms with E-state index in [1.807, 2.05) is 24.3 Å². The van der Waals surface area contributed by atoms with Gasteiger partial charge in [-0.2, -0.15) is 0 Å². The second-order valence-electron chi connectivity index (χ2n) is 4.68. The zero-order chi connectivity index (χ0) is 14.0. The lowest BCUT2D eigenvalue weighted by molar-refractivity contribution is 0.754. The lowest BCUT2D eigenvalue weighted by Crippen LogP contribution is -2.35. The zero-order valence-electron chi connectivity index (χ0n) is 11.5. The van der Waals surface area contributed by atoms with Crippen molar-refractivity contribution in [2.24, 2.45) is 0 Å². The first kappa shape index (κ1) is 14.5. The Bertz CT molecular complexity index is 511. The van der Waals surface area contributed by atoms with Gasteiger partial charge >= 0.3 is 0 Å². The highest BCUT2D eigenvalue weighted by molar-refractivity contribution is 7.80. The van der Waals surface area contributed by atoms with Gasteiger partial charge in [0.2, 0.25) is 0 Å². The number of rotatable bonds is 6. The number of benzene rings is 2. The maximum absolute atomic E-state index is 5.26. The minimum atomic E-state index is 0.724. The van der Waals surface area contributed by atoms with Crippen molar-refractivity contribution >= 4 is 17.3 Å². The fourth-order valence-electron chi connectivity index (χ4n) is 1.98. The van der Waals surface area contributed by atoms with Gasteiger partial charge in [0.15, 0.2) is 5.11 Å². The van der Waals surface area contributed by atoms with E-state index in [1.54, 1.807) is 0 Å². The normalized spacial score (nSPS) is 10.0. The molecule has 0 saturated carbocycles. The first-order chi connectivity index (χ1) is 9.84. The number of hydrogen-bond acceptors (Lipinski definition) is 1. The molecule has 2 aromatic carbocycles. The molecule has 0 aliphatic heterocycles. The van der Waals surface area contributed by atoms with Gasteiger partial charge in [-0.25, -0.2) is 0 Å². The zero-order valence-corrected chi connectivity index (χ0v) is 12.3. The van der Waals surface area contributed by atoms with Crippen LogP contribution in [0.4, 0.5) is 0 Å². The van der Waals surface area contributed by atoms with Crippen LogP contribution in [0.3, 0.4) is 0 Å². The van der Waals surface area contributed by atoms with Crippen molar-refractivity contribution in [2.75, 3.05) is 6.54 Å². The van der Waals surface area contributed by atoms with Crippen molar-refractivity contribution in [1.29, 1.82) is 0 Å². The number of thiocarbonyl (C=S) groups is 1.